The second-order valence-corrected chi connectivity index (χ2v) is 4.65. The van der Waals surface area contributed by atoms with Gasteiger partial charge in [-0.3, -0.25) is 9.59 Å². The summed E-state index contributed by atoms with van der Waals surface area (Å²) >= 11 is 0. The first kappa shape index (κ1) is 15.7. The molecular weight excluding hydrogens is 237 g/mol. The summed E-state index contributed by atoms with van der Waals surface area (Å²) in [6.07, 6.45) is -4.58. The third-order valence-electron chi connectivity index (χ3n) is 1.80. The van der Waals surface area contributed by atoms with E-state index in [0.717, 1.165) is 0 Å². The first-order valence-electron chi connectivity index (χ1n) is 5.14. The molecule has 0 aliphatic heterocycles. The van der Waals surface area contributed by atoms with Gasteiger partial charge in [0.1, 0.15) is 6.54 Å². The number of hydrogen-bond acceptors (Lipinski definition) is 2. The summed E-state index contributed by atoms with van der Waals surface area (Å²) in [7, 11) is 0. The van der Waals surface area contributed by atoms with E-state index in [9.17, 15) is 22.8 Å². The van der Waals surface area contributed by atoms with E-state index in [2.05, 4.69) is 5.32 Å². The van der Waals surface area contributed by atoms with Gasteiger partial charge in [0.15, 0.2) is 0 Å². The summed E-state index contributed by atoms with van der Waals surface area (Å²) in [4.78, 5) is 22.3. The zero-order valence-corrected chi connectivity index (χ0v) is 10.1. The Morgan fingerprint density at radius 2 is 1.59 bits per heavy atom. The van der Waals surface area contributed by atoms with Gasteiger partial charge in [-0.05, 0) is 0 Å². The Hall–Kier alpha value is -1.27. The van der Waals surface area contributed by atoms with E-state index in [1.54, 1.807) is 26.1 Å². The molecule has 0 saturated heterocycles. The number of halogens is 3. The summed E-state index contributed by atoms with van der Waals surface area (Å²) < 4.78 is 35.2. The van der Waals surface area contributed by atoms with Crippen LogP contribution in [-0.4, -0.2) is 31.1 Å². The summed E-state index contributed by atoms with van der Waals surface area (Å²) in [5.41, 5.74) is -0.581. The Bertz CT molecular complexity index is 282. The number of amides is 2. The van der Waals surface area contributed by atoms with Gasteiger partial charge in [-0.2, -0.15) is 13.2 Å². The number of alkyl halides is 3. The van der Waals surface area contributed by atoms with Gasteiger partial charge in [0, 0.05) is 18.4 Å². The van der Waals surface area contributed by atoms with Crippen LogP contribution in [0.5, 0.6) is 0 Å². The Balaban J connectivity index is 3.77. The van der Waals surface area contributed by atoms with E-state index in [1.807, 2.05) is 0 Å². The van der Waals surface area contributed by atoms with E-state index >= 15 is 0 Å². The maximum absolute atomic E-state index is 11.7. The summed E-state index contributed by atoms with van der Waals surface area (Å²) in [6, 6.07) is 0. The molecule has 0 heterocycles. The highest BCUT2D eigenvalue weighted by molar-refractivity contribution is 5.82. The minimum atomic E-state index is -4.41. The monoisotopic (exact) mass is 254 g/mol. The van der Waals surface area contributed by atoms with Gasteiger partial charge in [0.2, 0.25) is 11.8 Å². The topological polar surface area (TPSA) is 58.2 Å². The summed E-state index contributed by atoms with van der Waals surface area (Å²) in [6.45, 7) is 3.78. The molecule has 2 amide bonds. The first-order chi connectivity index (χ1) is 7.52. The molecule has 0 bridgehead atoms. The smallest absolute Gasteiger partial charge is 0.355 e. The fourth-order valence-corrected chi connectivity index (χ4v) is 0.842. The average Bonchev–Trinajstić information content (AvgIpc) is 2.12. The lowest BCUT2D eigenvalue weighted by Crippen LogP contribution is -2.39. The zero-order valence-electron chi connectivity index (χ0n) is 10.1. The second-order valence-electron chi connectivity index (χ2n) is 4.65. The predicted octanol–water partition coefficient (Wildman–Crippen LogP) is 1.22. The molecule has 4 nitrogen and oxygen atoms in total. The SMILES string of the molecule is CC(C)(C)C(=O)NCCC(=O)NCC(F)(F)F. The zero-order chi connectivity index (χ0) is 13.7. The molecule has 100 valence electrons. The molecule has 2 N–H and O–H groups in total. The summed E-state index contributed by atoms with van der Waals surface area (Å²) in [5, 5.41) is 4.19. The van der Waals surface area contributed by atoms with Gasteiger partial charge < -0.3 is 10.6 Å². The fraction of sp³-hybridized carbons (Fsp3) is 0.800. The minimum absolute atomic E-state index is 0.0276. The summed E-state index contributed by atoms with van der Waals surface area (Å²) in [5.74, 6) is -0.988. The van der Waals surface area contributed by atoms with E-state index in [1.165, 1.54) is 0 Å². The number of hydrogen-bond donors (Lipinski definition) is 2. The molecule has 0 aliphatic carbocycles. The highest BCUT2D eigenvalue weighted by Gasteiger charge is 2.27. The van der Waals surface area contributed by atoms with Gasteiger partial charge in [0.05, 0.1) is 0 Å². The highest BCUT2D eigenvalue weighted by Crippen LogP contribution is 2.13. The van der Waals surface area contributed by atoms with Crippen LogP contribution in [0.15, 0.2) is 0 Å². The number of rotatable bonds is 4. The molecule has 0 aromatic carbocycles. The van der Waals surface area contributed by atoms with Crippen LogP contribution in [0.2, 0.25) is 0 Å². The third kappa shape index (κ3) is 8.53. The molecule has 0 fully saturated rings. The minimum Gasteiger partial charge on any atom is -0.355 e. The van der Waals surface area contributed by atoms with E-state index < -0.39 is 24.0 Å². The first-order valence-corrected chi connectivity index (χ1v) is 5.14. The Morgan fingerprint density at radius 1 is 1.06 bits per heavy atom. The van der Waals surface area contributed by atoms with Gasteiger partial charge in [0.25, 0.3) is 0 Å². The lowest BCUT2D eigenvalue weighted by molar-refractivity contribution is -0.138. The van der Waals surface area contributed by atoms with E-state index in [0.29, 0.717) is 0 Å². The second kappa shape index (κ2) is 5.88. The van der Waals surface area contributed by atoms with Crippen LogP contribution in [0.25, 0.3) is 0 Å². The molecule has 0 radical (unpaired) electrons. The number of carbonyl (C=O) groups is 2. The van der Waals surface area contributed by atoms with E-state index in [-0.39, 0.29) is 18.9 Å². The van der Waals surface area contributed by atoms with Crippen molar-refractivity contribution >= 4 is 11.8 Å². The van der Waals surface area contributed by atoms with Crippen molar-refractivity contribution in [2.75, 3.05) is 13.1 Å². The molecule has 0 unspecified atom stereocenters. The molecule has 0 aliphatic rings. The van der Waals surface area contributed by atoms with Crippen LogP contribution >= 0.6 is 0 Å². The van der Waals surface area contributed by atoms with E-state index in [4.69, 9.17) is 0 Å². The Labute approximate surface area is 97.9 Å². The highest BCUT2D eigenvalue weighted by atomic mass is 19.4. The van der Waals surface area contributed by atoms with Crippen molar-refractivity contribution in [2.24, 2.45) is 5.41 Å². The van der Waals surface area contributed by atoms with Gasteiger partial charge in [-0.1, -0.05) is 20.8 Å². The van der Waals surface area contributed by atoms with Crippen LogP contribution in [0.1, 0.15) is 27.2 Å². The van der Waals surface area contributed by atoms with Crippen molar-refractivity contribution in [1.82, 2.24) is 10.6 Å². The fourth-order valence-electron chi connectivity index (χ4n) is 0.842. The largest absolute Gasteiger partial charge is 0.405 e. The normalized spacial score (nSPS) is 12.1. The molecule has 7 heteroatoms. The molecule has 0 spiro atoms. The Kier molecular flexibility index (Phi) is 5.44. The standard InChI is InChI=1S/C10H17F3N2O2/c1-9(2,3)8(17)14-5-4-7(16)15-6-10(11,12)13/h4-6H2,1-3H3,(H,14,17)(H,15,16). The van der Waals surface area contributed by atoms with Crippen LogP contribution < -0.4 is 10.6 Å². The molecule has 0 aromatic rings. The predicted molar refractivity (Wildman–Crippen MR) is 56.1 cm³/mol. The van der Waals surface area contributed by atoms with Crippen molar-refractivity contribution in [3.05, 3.63) is 0 Å². The lowest BCUT2D eigenvalue weighted by atomic mass is 9.96. The van der Waals surface area contributed by atoms with Crippen LogP contribution in [0, 0.1) is 5.41 Å². The van der Waals surface area contributed by atoms with Crippen molar-refractivity contribution in [3.8, 4) is 0 Å². The van der Waals surface area contributed by atoms with Crippen LogP contribution in [-0.2, 0) is 9.59 Å². The molecule has 0 aromatic heterocycles. The lowest BCUT2D eigenvalue weighted by Gasteiger charge is -2.17. The van der Waals surface area contributed by atoms with Gasteiger partial charge in [-0.15, -0.1) is 0 Å². The molecule has 0 saturated carbocycles. The van der Waals surface area contributed by atoms with Crippen LogP contribution in [0.3, 0.4) is 0 Å². The van der Waals surface area contributed by atoms with Crippen molar-refractivity contribution in [1.29, 1.82) is 0 Å². The average molecular weight is 254 g/mol. The third-order valence-corrected chi connectivity index (χ3v) is 1.80. The maximum atomic E-state index is 11.7. The molecular formula is C10H17F3N2O2. The molecule has 17 heavy (non-hydrogen) atoms. The maximum Gasteiger partial charge on any atom is 0.405 e. The van der Waals surface area contributed by atoms with Crippen molar-refractivity contribution in [2.45, 2.75) is 33.4 Å². The quantitative estimate of drug-likeness (QED) is 0.792. The molecule has 0 rings (SSSR count). The number of carbonyl (C=O) groups excluding carboxylic acids is 2. The number of nitrogens with one attached hydrogen (secondary N) is 2. The van der Waals surface area contributed by atoms with Crippen LogP contribution in [0.4, 0.5) is 13.2 Å². The molecule has 0 atom stereocenters. The van der Waals surface area contributed by atoms with Gasteiger partial charge >= 0.3 is 6.18 Å². The van der Waals surface area contributed by atoms with Crippen molar-refractivity contribution < 1.29 is 22.8 Å². The van der Waals surface area contributed by atoms with Crippen molar-refractivity contribution in [3.63, 3.8) is 0 Å². The van der Waals surface area contributed by atoms with Gasteiger partial charge in [-0.25, -0.2) is 0 Å². The Morgan fingerprint density at radius 3 is 2.00 bits per heavy atom.